The van der Waals surface area contributed by atoms with E-state index in [-0.39, 0.29) is 13.0 Å². The van der Waals surface area contributed by atoms with Gasteiger partial charge in [-0.3, -0.25) is 5.32 Å². The Labute approximate surface area is 191 Å². The lowest BCUT2D eigenvalue weighted by Gasteiger charge is -2.31. The van der Waals surface area contributed by atoms with Crippen LogP contribution in [0, 0.1) is 12.8 Å². The van der Waals surface area contributed by atoms with Crippen LogP contribution >= 0.6 is 22.7 Å². The Hall–Kier alpha value is -2.70. The average molecular weight is 471 g/mol. The zero-order valence-corrected chi connectivity index (χ0v) is 18.8. The summed E-state index contributed by atoms with van der Waals surface area (Å²) >= 11 is 2.93. The fourth-order valence-corrected chi connectivity index (χ4v) is 5.56. The van der Waals surface area contributed by atoms with E-state index in [9.17, 15) is 15.3 Å². The number of aliphatic hydroxyl groups excluding tert-OH is 2. The highest BCUT2D eigenvalue weighted by Crippen LogP contribution is 2.40. The molecule has 0 bridgehead atoms. The third kappa shape index (κ3) is 3.82. The van der Waals surface area contributed by atoms with Gasteiger partial charge in [0.05, 0.1) is 21.5 Å². The first-order valence-electron chi connectivity index (χ1n) is 10.2. The molecule has 1 aromatic carbocycles. The molecule has 4 aromatic rings. The molecule has 11 heteroatoms. The van der Waals surface area contributed by atoms with Crippen LogP contribution in [-0.2, 0) is 0 Å². The SMILES string of the molecule is Cc1nc(Nc2nccs2)nc(NC2(O)CCC(CO)C2O)c1-c1nc2ccccc2s1. The van der Waals surface area contributed by atoms with Crippen molar-refractivity contribution in [2.24, 2.45) is 5.92 Å². The highest BCUT2D eigenvalue weighted by Gasteiger charge is 2.47. The summed E-state index contributed by atoms with van der Waals surface area (Å²) < 4.78 is 1.03. The molecule has 3 atom stereocenters. The van der Waals surface area contributed by atoms with Gasteiger partial charge in [0.25, 0.3) is 0 Å². The molecule has 32 heavy (non-hydrogen) atoms. The molecule has 1 saturated carbocycles. The maximum absolute atomic E-state index is 11.2. The molecular weight excluding hydrogens is 448 g/mol. The normalized spacial score (nSPS) is 23.0. The third-order valence-electron chi connectivity index (χ3n) is 5.65. The Morgan fingerprint density at radius 3 is 2.78 bits per heavy atom. The van der Waals surface area contributed by atoms with Crippen molar-refractivity contribution in [1.29, 1.82) is 0 Å². The second kappa shape index (κ2) is 8.34. The van der Waals surface area contributed by atoms with Crippen molar-refractivity contribution in [2.75, 3.05) is 17.2 Å². The van der Waals surface area contributed by atoms with Gasteiger partial charge >= 0.3 is 0 Å². The van der Waals surface area contributed by atoms with Crippen molar-refractivity contribution in [3.63, 3.8) is 0 Å². The minimum absolute atomic E-state index is 0.199. The Kier molecular flexibility index (Phi) is 5.51. The summed E-state index contributed by atoms with van der Waals surface area (Å²) in [5, 5.41) is 40.7. The molecule has 0 spiro atoms. The maximum Gasteiger partial charge on any atom is 0.231 e. The van der Waals surface area contributed by atoms with E-state index in [1.54, 1.807) is 6.20 Å². The zero-order chi connectivity index (χ0) is 22.3. The second-order valence-electron chi connectivity index (χ2n) is 7.78. The largest absolute Gasteiger partial charge is 0.396 e. The monoisotopic (exact) mass is 470 g/mol. The van der Waals surface area contributed by atoms with E-state index < -0.39 is 17.7 Å². The lowest BCUT2D eigenvalue weighted by atomic mass is 10.0. The first-order valence-corrected chi connectivity index (χ1v) is 11.9. The van der Waals surface area contributed by atoms with Crippen LogP contribution in [0.5, 0.6) is 0 Å². The van der Waals surface area contributed by atoms with Crippen LogP contribution in [0.1, 0.15) is 18.5 Å². The third-order valence-corrected chi connectivity index (χ3v) is 7.39. The van der Waals surface area contributed by atoms with Crippen molar-refractivity contribution in [2.45, 2.75) is 31.6 Å². The van der Waals surface area contributed by atoms with Gasteiger partial charge in [0.15, 0.2) is 10.9 Å². The first kappa shape index (κ1) is 21.2. The van der Waals surface area contributed by atoms with Crippen LogP contribution in [0.3, 0.4) is 0 Å². The Balaban J connectivity index is 1.60. The van der Waals surface area contributed by atoms with E-state index in [1.807, 2.05) is 36.6 Å². The summed E-state index contributed by atoms with van der Waals surface area (Å²) in [5.74, 6) is 0.268. The van der Waals surface area contributed by atoms with Crippen LogP contribution in [0.25, 0.3) is 20.8 Å². The van der Waals surface area contributed by atoms with Crippen LogP contribution in [0.2, 0.25) is 0 Å². The lowest BCUT2D eigenvalue weighted by Crippen LogP contribution is -2.48. The zero-order valence-electron chi connectivity index (χ0n) is 17.2. The number of anilines is 3. The number of nitrogens with one attached hydrogen (secondary N) is 2. The smallest absolute Gasteiger partial charge is 0.231 e. The van der Waals surface area contributed by atoms with E-state index in [2.05, 4.69) is 25.6 Å². The topological polar surface area (TPSA) is 136 Å². The van der Waals surface area contributed by atoms with Crippen molar-refractivity contribution in [3.8, 4) is 10.6 Å². The number of rotatable bonds is 6. The number of benzene rings is 1. The molecule has 1 aliphatic carbocycles. The minimum Gasteiger partial charge on any atom is -0.396 e. The van der Waals surface area contributed by atoms with Gasteiger partial charge in [-0.2, -0.15) is 4.98 Å². The summed E-state index contributed by atoms with van der Waals surface area (Å²) in [5.41, 5.74) is 0.556. The predicted molar refractivity (Wildman–Crippen MR) is 125 cm³/mol. The first-order chi connectivity index (χ1) is 15.5. The highest BCUT2D eigenvalue weighted by molar-refractivity contribution is 7.21. The maximum atomic E-state index is 11.2. The van der Waals surface area contributed by atoms with E-state index in [0.717, 1.165) is 10.2 Å². The van der Waals surface area contributed by atoms with Crippen LogP contribution in [0.15, 0.2) is 35.8 Å². The average Bonchev–Trinajstić information content (AvgIpc) is 3.48. The van der Waals surface area contributed by atoms with Crippen molar-refractivity contribution in [1.82, 2.24) is 19.9 Å². The molecule has 0 aliphatic heterocycles. The lowest BCUT2D eigenvalue weighted by molar-refractivity contribution is -0.0545. The van der Waals surface area contributed by atoms with Crippen molar-refractivity contribution >= 4 is 49.8 Å². The number of nitrogens with zero attached hydrogens (tertiary/aromatic N) is 4. The summed E-state index contributed by atoms with van der Waals surface area (Å²) in [7, 11) is 0. The summed E-state index contributed by atoms with van der Waals surface area (Å²) in [4.78, 5) is 18.2. The number of thiazole rings is 2. The van der Waals surface area contributed by atoms with Crippen molar-refractivity contribution < 1.29 is 15.3 Å². The standard InChI is InChI=1S/C21H22N6O3S2/c1-11-15(18-24-13-4-2-3-5-14(13)32-18)17(25-19(23-11)26-20-22-8-9-31-20)27-21(30)7-6-12(10-28)16(21)29/h2-5,8-9,12,16,28-30H,6-7,10H2,1H3,(H2,22,23,25,26,27). The summed E-state index contributed by atoms with van der Waals surface area (Å²) in [6.07, 6.45) is 1.31. The molecule has 1 fully saturated rings. The molecule has 0 saturated heterocycles. The number of aryl methyl sites for hydroxylation is 1. The summed E-state index contributed by atoms with van der Waals surface area (Å²) in [6, 6.07) is 7.83. The van der Waals surface area contributed by atoms with Gasteiger partial charge in [-0.05, 0) is 31.9 Å². The van der Waals surface area contributed by atoms with Gasteiger partial charge in [-0.1, -0.05) is 12.1 Å². The second-order valence-corrected chi connectivity index (χ2v) is 9.71. The van der Waals surface area contributed by atoms with E-state index in [1.165, 1.54) is 22.7 Å². The van der Waals surface area contributed by atoms with Gasteiger partial charge in [-0.25, -0.2) is 15.0 Å². The van der Waals surface area contributed by atoms with Gasteiger partial charge < -0.3 is 20.6 Å². The fraction of sp³-hybridized carbons (Fsp3) is 0.333. The van der Waals surface area contributed by atoms with Crippen molar-refractivity contribution in [3.05, 3.63) is 41.5 Å². The predicted octanol–water partition coefficient (Wildman–Crippen LogP) is 3.13. The highest BCUT2D eigenvalue weighted by atomic mass is 32.1. The van der Waals surface area contributed by atoms with E-state index >= 15 is 0 Å². The molecular formula is C21H22N6O3S2. The van der Waals surface area contributed by atoms with Crippen LogP contribution in [-0.4, -0.2) is 53.7 Å². The quantitative estimate of drug-likeness (QED) is 0.269. The van der Waals surface area contributed by atoms with E-state index in [4.69, 9.17) is 4.98 Å². The van der Waals surface area contributed by atoms with Crippen LogP contribution in [0.4, 0.5) is 16.9 Å². The molecule has 3 aromatic heterocycles. The molecule has 5 N–H and O–H groups in total. The van der Waals surface area contributed by atoms with Gasteiger partial charge in [0, 0.05) is 24.1 Å². The number of aliphatic hydroxyl groups is 3. The minimum atomic E-state index is -1.63. The number of aromatic nitrogens is 4. The molecule has 1 aliphatic rings. The Bertz CT molecular complexity index is 1210. The molecule has 0 amide bonds. The van der Waals surface area contributed by atoms with Crippen LogP contribution < -0.4 is 10.6 Å². The Morgan fingerprint density at radius 1 is 1.22 bits per heavy atom. The van der Waals surface area contributed by atoms with Gasteiger partial charge in [-0.15, -0.1) is 22.7 Å². The Morgan fingerprint density at radius 2 is 2.06 bits per heavy atom. The van der Waals surface area contributed by atoms with Gasteiger partial charge in [0.2, 0.25) is 5.95 Å². The van der Waals surface area contributed by atoms with E-state index in [0.29, 0.717) is 39.6 Å². The molecule has 3 unspecified atom stereocenters. The molecule has 0 radical (unpaired) electrons. The molecule has 5 rings (SSSR count). The number of hydrogen-bond donors (Lipinski definition) is 5. The number of hydrogen-bond acceptors (Lipinski definition) is 11. The molecule has 3 heterocycles. The number of fused-ring (bicyclic) bond motifs is 1. The van der Waals surface area contributed by atoms with Gasteiger partial charge in [0.1, 0.15) is 16.9 Å². The fourth-order valence-electron chi connectivity index (χ4n) is 3.97. The molecule has 166 valence electrons. The molecule has 9 nitrogen and oxygen atoms in total. The number of para-hydroxylation sites is 1. The summed E-state index contributed by atoms with van der Waals surface area (Å²) in [6.45, 7) is 1.66.